The monoisotopic (exact) mass is 405 g/mol. The number of benzene rings is 2. The van der Waals surface area contributed by atoms with Gasteiger partial charge in [0.05, 0.1) is 23.3 Å². The average molecular weight is 406 g/mol. The Morgan fingerprint density at radius 2 is 2.07 bits per heavy atom. The minimum absolute atomic E-state index is 0.213. The van der Waals surface area contributed by atoms with Crippen LogP contribution in [0.3, 0.4) is 0 Å². The van der Waals surface area contributed by atoms with Crippen LogP contribution in [-0.4, -0.2) is 15.5 Å². The molecule has 1 amide bonds. The van der Waals surface area contributed by atoms with Gasteiger partial charge in [-0.3, -0.25) is 4.79 Å². The third kappa shape index (κ3) is 4.41. The fourth-order valence-corrected chi connectivity index (χ4v) is 3.49. The number of fused-ring (bicyclic) bond motifs is 1. The van der Waals surface area contributed by atoms with Crippen LogP contribution in [0.5, 0.6) is 0 Å². The van der Waals surface area contributed by atoms with Crippen molar-refractivity contribution in [3.8, 4) is 0 Å². The van der Waals surface area contributed by atoms with E-state index in [0.29, 0.717) is 17.3 Å². The van der Waals surface area contributed by atoms with E-state index in [1.807, 2.05) is 55.5 Å². The second-order valence-corrected chi connectivity index (χ2v) is 7.19. The van der Waals surface area contributed by atoms with Crippen molar-refractivity contribution in [2.24, 2.45) is 0 Å². The number of amides is 1. The summed E-state index contributed by atoms with van der Waals surface area (Å²) in [5.41, 5.74) is 2.96. The van der Waals surface area contributed by atoms with Crippen molar-refractivity contribution < 1.29 is 9.21 Å². The first-order chi connectivity index (χ1) is 14.1. The minimum atomic E-state index is -0.282. The normalized spacial score (nSPS) is 12.5. The van der Waals surface area contributed by atoms with E-state index in [9.17, 15) is 4.79 Å². The van der Waals surface area contributed by atoms with Crippen molar-refractivity contribution in [1.29, 1.82) is 0 Å². The maximum atomic E-state index is 12.4. The van der Waals surface area contributed by atoms with Crippen molar-refractivity contribution in [1.82, 2.24) is 14.9 Å². The Morgan fingerprint density at radius 3 is 2.86 bits per heavy atom. The lowest BCUT2D eigenvalue weighted by Gasteiger charge is -2.16. The number of hydrogen-bond donors (Lipinski definition) is 1. The highest BCUT2D eigenvalue weighted by Gasteiger charge is 2.18. The van der Waals surface area contributed by atoms with E-state index < -0.39 is 0 Å². The highest BCUT2D eigenvalue weighted by Crippen LogP contribution is 2.23. The molecule has 0 unspecified atom stereocenters. The molecule has 0 fully saturated rings. The lowest BCUT2D eigenvalue weighted by molar-refractivity contribution is -0.117. The van der Waals surface area contributed by atoms with E-state index in [1.165, 1.54) is 6.08 Å². The third-order valence-corrected chi connectivity index (χ3v) is 4.84. The van der Waals surface area contributed by atoms with Crippen LogP contribution in [0.2, 0.25) is 5.02 Å². The quantitative estimate of drug-likeness (QED) is 0.447. The SMILES string of the molecule is C[C@H](NC(=O)/C=C/c1ccco1)c1nc2ccccc2n1Cc1cccc(Cl)c1. The number of rotatable bonds is 6. The van der Waals surface area contributed by atoms with Gasteiger partial charge < -0.3 is 14.3 Å². The summed E-state index contributed by atoms with van der Waals surface area (Å²) in [6, 6.07) is 19.0. The zero-order valence-electron chi connectivity index (χ0n) is 15.9. The molecule has 0 aliphatic carbocycles. The predicted molar refractivity (Wildman–Crippen MR) is 115 cm³/mol. The van der Waals surface area contributed by atoms with Crippen LogP contribution in [0.1, 0.15) is 30.1 Å². The molecule has 6 heteroatoms. The van der Waals surface area contributed by atoms with Crippen LogP contribution in [-0.2, 0) is 11.3 Å². The number of imidazole rings is 1. The molecule has 1 N–H and O–H groups in total. The molecule has 4 rings (SSSR count). The molecule has 1 atom stereocenters. The van der Waals surface area contributed by atoms with Gasteiger partial charge in [0.25, 0.3) is 0 Å². The van der Waals surface area contributed by atoms with Crippen LogP contribution >= 0.6 is 11.6 Å². The molecule has 0 bridgehead atoms. The van der Waals surface area contributed by atoms with Gasteiger partial charge in [0.1, 0.15) is 11.6 Å². The Kier molecular flexibility index (Phi) is 5.49. The van der Waals surface area contributed by atoms with E-state index in [1.54, 1.807) is 24.5 Å². The molecule has 0 aliphatic heterocycles. The Balaban J connectivity index is 1.61. The smallest absolute Gasteiger partial charge is 0.244 e. The largest absolute Gasteiger partial charge is 0.465 e. The Morgan fingerprint density at radius 1 is 1.21 bits per heavy atom. The Bertz CT molecular complexity index is 1160. The molecule has 0 saturated heterocycles. The molecule has 4 aromatic rings. The molecule has 0 saturated carbocycles. The van der Waals surface area contributed by atoms with Gasteiger partial charge in [-0.15, -0.1) is 0 Å². The highest BCUT2D eigenvalue weighted by molar-refractivity contribution is 6.30. The standard InChI is InChI=1S/C23H20ClN3O2/c1-16(25-22(28)12-11-19-8-5-13-29-19)23-26-20-9-2-3-10-21(20)27(23)15-17-6-4-7-18(24)14-17/h2-14,16H,15H2,1H3,(H,25,28)/b12-11+/t16-/m0/s1. The first kappa shape index (κ1) is 19.0. The summed E-state index contributed by atoms with van der Waals surface area (Å²) in [4.78, 5) is 17.1. The van der Waals surface area contributed by atoms with Crippen LogP contribution in [0.15, 0.2) is 77.4 Å². The molecule has 2 heterocycles. The molecule has 0 aliphatic rings. The van der Waals surface area contributed by atoms with Crippen molar-refractivity contribution in [3.63, 3.8) is 0 Å². The van der Waals surface area contributed by atoms with Crippen molar-refractivity contribution >= 4 is 34.6 Å². The van der Waals surface area contributed by atoms with Gasteiger partial charge in [-0.05, 0) is 55.0 Å². The Hall–Kier alpha value is -3.31. The summed E-state index contributed by atoms with van der Waals surface area (Å²) in [5, 5.41) is 3.67. The van der Waals surface area contributed by atoms with E-state index in [0.717, 1.165) is 22.4 Å². The molecule has 2 aromatic heterocycles. The summed E-state index contributed by atoms with van der Waals surface area (Å²) in [6.45, 7) is 2.53. The van der Waals surface area contributed by atoms with Crippen molar-refractivity contribution in [2.45, 2.75) is 19.5 Å². The van der Waals surface area contributed by atoms with E-state index in [4.69, 9.17) is 21.0 Å². The number of furan rings is 1. The number of hydrogen-bond acceptors (Lipinski definition) is 3. The summed E-state index contributed by atoms with van der Waals surface area (Å²) in [6.07, 6.45) is 4.66. The first-order valence-electron chi connectivity index (χ1n) is 9.32. The number of nitrogens with zero attached hydrogens (tertiary/aromatic N) is 2. The summed E-state index contributed by atoms with van der Waals surface area (Å²) >= 11 is 6.15. The van der Waals surface area contributed by atoms with Gasteiger partial charge >= 0.3 is 0 Å². The summed E-state index contributed by atoms with van der Waals surface area (Å²) < 4.78 is 7.33. The van der Waals surface area contributed by atoms with Crippen LogP contribution in [0, 0.1) is 0 Å². The van der Waals surface area contributed by atoms with Gasteiger partial charge in [0, 0.05) is 17.6 Å². The maximum Gasteiger partial charge on any atom is 0.244 e. The van der Waals surface area contributed by atoms with Crippen molar-refractivity contribution in [3.05, 3.63) is 95.2 Å². The van der Waals surface area contributed by atoms with Gasteiger partial charge in [-0.1, -0.05) is 35.9 Å². The molecular weight excluding hydrogens is 386 g/mol. The maximum absolute atomic E-state index is 12.4. The molecule has 0 spiro atoms. The molecular formula is C23H20ClN3O2. The van der Waals surface area contributed by atoms with E-state index >= 15 is 0 Å². The lowest BCUT2D eigenvalue weighted by atomic mass is 10.2. The minimum Gasteiger partial charge on any atom is -0.465 e. The number of para-hydroxylation sites is 2. The second-order valence-electron chi connectivity index (χ2n) is 6.75. The van der Waals surface area contributed by atoms with Crippen LogP contribution < -0.4 is 5.32 Å². The third-order valence-electron chi connectivity index (χ3n) is 4.60. The van der Waals surface area contributed by atoms with Crippen LogP contribution in [0.4, 0.5) is 0 Å². The second kappa shape index (κ2) is 8.37. The van der Waals surface area contributed by atoms with Gasteiger partial charge in [-0.2, -0.15) is 0 Å². The number of aromatic nitrogens is 2. The zero-order chi connectivity index (χ0) is 20.2. The molecule has 2 aromatic carbocycles. The number of carbonyl (C=O) groups excluding carboxylic acids is 1. The fourth-order valence-electron chi connectivity index (χ4n) is 3.28. The van der Waals surface area contributed by atoms with Crippen molar-refractivity contribution in [2.75, 3.05) is 0 Å². The lowest BCUT2D eigenvalue weighted by Crippen LogP contribution is -2.27. The van der Waals surface area contributed by atoms with Crippen LogP contribution in [0.25, 0.3) is 17.1 Å². The predicted octanol–water partition coefficient (Wildman–Crippen LogP) is 5.22. The van der Waals surface area contributed by atoms with Gasteiger partial charge in [-0.25, -0.2) is 4.98 Å². The topological polar surface area (TPSA) is 60.1 Å². The molecule has 5 nitrogen and oxygen atoms in total. The molecule has 29 heavy (non-hydrogen) atoms. The highest BCUT2D eigenvalue weighted by atomic mass is 35.5. The Labute approximate surface area is 173 Å². The molecule has 0 radical (unpaired) electrons. The number of nitrogens with one attached hydrogen (secondary N) is 1. The number of halogens is 1. The van der Waals surface area contributed by atoms with Gasteiger partial charge in [0.15, 0.2) is 0 Å². The molecule has 146 valence electrons. The van der Waals surface area contributed by atoms with E-state index in [2.05, 4.69) is 9.88 Å². The zero-order valence-corrected chi connectivity index (χ0v) is 16.6. The summed E-state index contributed by atoms with van der Waals surface area (Å²) in [7, 11) is 0. The van der Waals surface area contributed by atoms with Gasteiger partial charge in [0.2, 0.25) is 5.91 Å². The number of carbonyl (C=O) groups is 1. The summed E-state index contributed by atoms with van der Waals surface area (Å²) in [5.74, 6) is 1.20. The first-order valence-corrected chi connectivity index (χ1v) is 9.69. The fraction of sp³-hybridized carbons (Fsp3) is 0.130. The van der Waals surface area contributed by atoms with E-state index in [-0.39, 0.29) is 11.9 Å². The average Bonchev–Trinajstić information content (AvgIpc) is 3.35.